The number of anilines is 3. The minimum atomic E-state index is -0.299. The van der Waals surface area contributed by atoms with Crippen LogP contribution in [0.1, 0.15) is 23.7 Å². The first-order valence-corrected chi connectivity index (χ1v) is 10.0. The Morgan fingerprint density at radius 3 is 2.65 bits per heavy atom. The average Bonchev–Trinajstić information content (AvgIpc) is 2.77. The number of ether oxygens (including phenoxy) is 1. The van der Waals surface area contributed by atoms with Crippen LogP contribution in [-0.2, 0) is 17.9 Å². The van der Waals surface area contributed by atoms with Crippen molar-refractivity contribution in [2.45, 2.75) is 33.0 Å². The summed E-state index contributed by atoms with van der Waals surface area (Å²) in [5.41, 5.74) is 2.89. The van der Waals surface area contributed by atoms with E-state index in [4.69, 9.17) is 4.74 Å². The van der Waals surface area contributed by atoms with Gasteiger partial charge in [0, 0.05) is 19.2 Å². The predicted molar refractivity (Wildman–Crippen MR) is 118 cm³/mol. The number of hydrogen-bond donors (Lipinski definition) is 2. The lowest BCUT2D eigenvalue weighted by atomic mass is 10.2. The molecule has 2 N–H and O–H groups in total. The van der Waals surface area contributed by atoms with Gasteiger partial charge in [-0.1, -0.05) is 30.3 Å². The van der Waals surface area contributed by atoms with E-state index in [0.29, 0.717) is 41.0 Å². The molecule has 0 spiro atoms. The van der Waals surface area contributed by atoms with Gasteiger partial charge in [0.1, 0.15) is 29.9 Å². The summed E-state index contributed by atoms with van der Waals surface area (Å²) < 4.78 is 19.4. The van der Waals surface area contributed by atoms with E-state index in [2.05, 4.69) is 20.6 Å². The summed E-state index contributed by atoms with van der Waals surface area (Å²) in [6.07, 6.45) is 0. The molecule has 0 unspecified atom stereocenters. The van der Waals surface area contributed by atoms with Gasteiger partial charge in [-0.3, -0.25) is 4.79 Å². The topological polar surface area (TPSA) is 79.4 Å². The second kappa shape index (κ2) is 8.59. The minimum absolute atomic E-state index is 0.0697. The van der Waals surface area contributed by atoms with E-state index >= 15 is 0 Å². The molecule has 160 valence electrons. The van der Waals surface area contributed by atoms with E-state index in [1.807, 2.05) is 50.1 Å². The van der Waals surface area contributed by atoms with Crippen LogP contribution in [0.15, 0.2) is 48.5 Å². The molecule has 0 aliphatic carbocycles. The van der Waals surface area contributed by atoms with Crippen LogP contribution in [0.25, 0.3) is 0 Å². The molecule has 3 aromatic rings. The van der Waals surface area contributed by atoms with Crippen LogP contribution in [0.5, 0.6) is 5.75 Å². The highest BCUT2D eigenvalue weighted by Crippen LogP contribution is 2.32. The van der Waals surface area contributed by atoms with Crippen molar-refractivity contribution in [1.29, 1.82) is 0 Å². The fraction of sp³-hybridized carbons (Fsp3) is 0.261. The number of carbonyl (C=O) groups is 1. The molecular weight excluding hydrogens is 397 g/mol. The van der Waals surface area contributed by atoms with Crippen LogP contribution < -0.4 is 20.3 Å². The molecule has 0 saturated carbocycles. The zero-order chi connectivity index (χ0) is 22.0. The van der Waals surface area contributed by atoms with Gasteiger partial charge in [0.2, 0.25) is 11.9 Å². The second-order valence-corrected chi connectivity index (χ2v) is 7.48. The molecule has 7 nitrogen and oxygen atoms in total. The number of likely N-dealkylation sites (N-methyl/N-ethyl adjacent to an activating group) is 1. The fourth-order valence-corrected chi connectivity index (χ4v) is 3.29. The maximum absolute atomic E-state index is 13.7. The molecule has 2 aromatic carbocycles. The SMILES string of the molecule is Cc1nc(NCc2ccc(OCc3ccccc3F)cc2)nc2c1NC(=O)[C@H](C)N2C. The maximum atomic E-state index is 13.7. The zero-order valence-corrected chi connectivity index (χ0v) is 17.6. The summed E-state index contributed by atoms with van der Waals surface area (Å²) in [5, 5.41) is 6.10. The van der Waals surface area contributed by atoms with E-state index in [1.54, 1.807) is 18.2 Å². The Bertz CT molecular complexity index is 1100. The number of amides is 1. The van der Waals surface area contributed by atoms with Crippen LogP contribution in [-0.4, -0.2) is 29.0 Å². The lowest BCUT2D eigenvalue weighted by molar-refractivity contribution is -0.117. The van der Waals surface area contributed by atoms with Gasteiger partial charge in [-0.2, -0.15) is 4.98 Å². The van der Waals surface area contributed by atoms with Crippen molar-refractivity contribution in [1.82, 2.24) is 9.97 Å². The van der Waals surface area contributed by atoms with Crippen LogP contribution >= 0.6 is 0 Å². The number of hydrogen-bond acceptors (Lipinski definition) is 6. The van der Waals surface area contributed by atoms with Gasteiger partial charge < -0.3 is 20.3 Å². The molecule has 0 bridgehead atoms. The summed E-state index contributed by atoms with van der Waals surface area (Å²) in [5.74, 6) is 1.51. The van der Waals surface area contributed by atoms with Gasteiger partial charge >= 0.3 is 0 Å². The van der Waals surface area contributed by atoms with Gasteiger partial charge in [0.25, 0.3) is 0 Å². The maximum Gasteiger partial charge on any atom is 0.246 e. The predicted octanol–water partition coefficient (Wildman–Crippen LogP) is 3.89. The standard InChI is InChI=1S/C23H24FN5O2/c1-14-20-21(29(3)15(2)22(30)27-20)28-23(26-14)25-12-16-8-10-18(11-9-16)31-13-17-6-4-5-7-19(17)24/h4-11,15H,12-13H2,1-3H3,(H,27,30)(H,25,26,28)/t15-/m0/s1. The Labute approximate surface area is 180 Å². The Kier molecular flexibility index (Phi) is 5.70. The van der Waals surface area contributed by atoms with Crippen LogP contribution in [0.3, 0.4) is 0 Å². The normalized spacial score (nSPS) is 15.3. The van der Waals surface area contributed by atoms with Gasteiger partial charge in [-0.25, -0.2) is 9.37 Å². The highest BCUT2D eigenvalue weighted by molar-refractivity contribution is 6.03. The highest BCUT2D eigenvalue weighted by atomic mass is 19.1. The van der Waals surface area contributed by atoms with E-state index in [9.17, 15) is 9.18 Å². The third-order valence-electron chi connectivity index (χ3n) is 5.34. The second-order valence-electron chi connectivity index (χ2n) is 7.48. The summed E-state index contributed by atoms with van der Waals surface area (Å²) in [6.45, 7) is 4.38. The minimum Gasteiger partial charge on any atom is -0.489 e. The first-order valence-electron chi connectivity index (χ1n) is 10.0. The molecular formula is C23H24FN5O2. The Morgan fingerprint density at radius 2 is 1.90 bits per heavy atom. The molecule has 4 rings (SSSR count). The van der Waals surface area contributed by atoms with E-state index < -0.39 is 0 Å². The molecule has 1 aromatic heterocycles. The summed E-state index contributed by atoms with van der Waals surface area (Å²) >= 11 is 0. The van der Waals surface area contributed by atoms with E-state index in [-0.39, 0.29) is 24.4 Å². The molecule has 1 aliphatic rings. The number of aryl methyl sites for hydroxylation is 1. The number of aromatic nitrogens is 2. The Morgan fingerprint density at radius 1 is 1.16 bits per heavy atom. The number of nitrogens with one attached hydrogen (secondary N) is 2. The van der Waals surface area contributed by atoms with Gasteiger partial charge in [0.15, 0.2) is 5.82 Å². The first-order chi connectivity index (χ1) is 14.9. The average molecular weight is 421 g/mol. The summed E-state index contributed by atoms with van der Waals surface area (Å²) in [4.78, 5) is 22.9. The van der Waals surface area contributed by atoms with Crippen LogP contribution in [0.4, 0.5) is 21.8 Å². The molecule has 1 atom stereocenters. The molecule has 1 amide bonds. The molecule has 2 heterocycles. The van der Waals surface area contributed by atoms with Gasteiger partial charge in [-0.05, 0) is 37.6 Å². The number of carbonyl (C=O) groups excluding carboxylic acids is 1. The number of halogens is 1. The van der Waals surface area contributed by atoms with Crippen molar-refractivity contribution >= 4 is 23.4 Å². The Balaban J connectivity index is 1.39. The molecule has 0 radical (unpaired) electrons. The largest absolute Gasteiger partial charge is 0.489 e. The number of fused-ring (bicyclic) bond motifs is 1. The van der Waals surface area contributed by atoms with Gasteiger partial charge in [-0.15, -0.1) is 0 Å². The number of benzene rings is 2. The quantitative estimate of drug-likeness (QED) is 0.629. The molecule has 31 heavy (non-hydrogen) atoms. The monoisotopic (exact) mass is 421 g/mol. The lowest BCUT2D eigenvalue weighted by Crippen LogP contribution is -2.44. The lowest BCUT2D eigenvalue weighted by Gasteiger charge is -2.32. The molecule has 8 heteroatoms. The summed E-state index contributed by atoms with van der Waals surface area (Å²) in [6, 6.07) is 13.8. The third kappa shape index (κ3) is 4.42. The smallest absolute Gasteiger partial charge is 0.246 e. The fourth-order valence-electron chi connectivity index (χ4n) is 3.29. The summed E-state index contributed by atoms with van der Waals surface area (Å²) in [7, 11) is 1.85. The van der Waals surface area contributed by atoms with Crippen molar-refractivity contribution in [3.63, 3.8) is 0 Å². The number of rotatable bonds is 6. The molecule has 0 fully saturated rings. The van der Waals surface area contributed by atoms with Crippen molar-refractivity contribution < 1.29 is 13.9 Å². The van der Waals surface area contributed by atoms with Crippen molar-refractivity contribution in [3.05, 3.63) is 71.2 Å². The zero-order valence-electron chi connectivity index (χ0n) is 17.6. The van der Waals surface area contributed by atoms with E-state index in [1.165, 1.54) is 6.07 Å². The Hall–Kier alpha value is -3.68. The number of nitrogens with zero attached hydrogens (tertiary/aromatic N) is 3. The van der Waals surface area contributed by atoms with E-state index in [0.717, 1.165) is 5.56 Å². The molecule has 0 saturated heterocycles. The van der Waals surface area contributed by atoms with Crippen molar-refractivity contribution in [2.24, 2.45) is 0 Å². The molecule has 1 aliphatic heterocycles. The van der Waals surface area contributed by atoms with Crippen molar-refractivity contribution in [2.75, 3.05) is 22.6 Å². The van der Waals surface area contributed by atoms with Crippen molar-refractivity contribution in [3.8, 4) is 5.75 Å². The highest BCUT2D eigenvalue weighted by Gasteiger charge is 2.30. The van der Waals surface area contributed by atoms with Crippen LogP contribution in [0, 0.1) is 12.7 Å². The van der Waals surface area contributed by atoms with Gasteiger partial charge in [0.05, 0.1) is 5.69 Å². The first kappa shape index (κ1) is 20.6. The third-order valence-corrected chi connectivity index (χ3v) is 5.34. The van der Waals surface area contributed by atoms with Crippen LogP contribution in [0.2, 0.25) is 0 Å².